The highest BCUT2D eigenvalue weighted by molar-refractivity contribution is 7.99. The lowest BCUT2D eigenvalue weighted by Gasteiger charge is -2.21. The molecule has 0 saturated heterocycles. The van der Waals surface area contributed by atoms with Gasteiger partial charge in [0, 0.05) is 27.1 Å². The number of ketones is 1. The lowest BCUT2D eigenvalue weighted by atomic mass is 10.0. The van der Waals surface area contributed by atoms with Crippen LogP contribution in [0, 0.1) is 6.92 Å². The lowest BCUT2D eigenvalue weighted by Crippen LogP contribution is -2.08. The third-order valence-corrected chi connectivity index (χ3v) is 6.84. The third-order valence-electron chi connectivity index (χ3n) is 5.69. The van der Waals surface area contributed by atoms with E-state index in [1.807, 2.05) is 83.4 Å². The van der Waals surface area contributed by atoms with Crippen LogP contribution < -0.4 is 5.32 Å². The Morgan fingerprint density at radius 3 is 2.53 bits per heavy atom. The van der Waals surface area contributed by atoms with Gasteiger partial charge in [0.15, 0.2) is 0 Å². The van der Waals surface area contributed by atoms with E-state index in [9.17, 15) is 4.79 Å². The summed E-state index contributed by atoms with van der Waals surface area (Å²) < 4.78 is 1.88. The van der Waals surface area contributed by atoms with Crippen LogP contribution >= 0.6 is 11.8 Å². The monoisotopic (exact) mass is 433 g/mol. The molecule has 0 fully saturated rings. The first-order chi connectivity index (χ1) is 15.7. The fraction of sp³-hybridized carbons (Fsp3) is 0.0370. The molecule has 6 rings (SSSR count). The third kappa shape index (κ3) is 3.10. The molecule has 2 aromatic heterocycles. The molecule has 0 amide bonds. The smallest absolute Gasteiger partial charge is 0.212 e. The first-order valence-corrected chi connectivity index (χ1v) is 11.3. The maximum Gasteiger partial charge on any atom is 0.212 e. The fourth-order valence-electron chi connectivity index (χ4n) is 4.04. The van der Waals surface area contributed by atoms with Crippen LogP contribution in [-0.4, -0.2) is 15.2 Å². The van der Waals surface area contributed by atoms with Crippen molar-refractivity contribution in [2.45, 2.75) is 16.7 Å². The number of nitrogens with one attached hydrogen (secondary N) is 1. The molecule has 4 nitrogen and oxygen atoms in total. The van der Waals surface area contributed by atoms with E-state index in [0.717, 1.165) is 27.5 Å². The summed E-state index contributed by atoms with van der Waals surface area (Å²) in [6.45, 7) is 2.05. The molecule has 0 atom stereocenters. The molecular formula is C27H19N3OS. The van der Waals surface area contributed by atoms with E-state index in [2.05, 4.69) is 24.4 Å². The SMILES string of the molecule is Cc1ccc(-c2nc3ccccn3c2C(=O)c2ccc3c(c2)Nc2ccccc2S3)cc1. The van der Waals surface area contributed by atoms with Crippen molar-refractivity contribution >= 4 is 34.6 Å². The second-order valence-corrected chi connectivity index (χ2v) is 8.95. The lowest BCUT2D eigenvalue weighted by molar-refractivity contribution is 0.103. The molecule has 0 saturated carbocycles. The number of hydrogen-bond acceptors (Lipinski definition) is 4. The molecule has 0 spiro atoms. The molecule has 0 radical (unpaired) electrons. The summed E-state index contributed by atoms with van der Waals surface area (Å²) in [5.74, 6) is -0.0484. The molecule has 3 aromatic carbocycles. The van der Waals surface area contributed by atoms with Gasteiger partial charge in [-0.1, -0.05) is 59.8 Å². The topological polar surface area (TPSA) is 46.4 Å². The van der Waals surface area contributed by atoms with Gasteiger partial charge in [0.1, 0.15) is 17.0 Å². The molecule has 1 aliphatic rings. The Morgan fingerprint density at radius 1 is 0.875 bits per heavy atom. The van der Waals surface area contributed by atoms with Gasteiger partial charge in [-0.05, 0) is 49.4 Å². The summed E-state index contributed by atoms with van der Waals surface area (Å²) >= 11 is 1.71. The van der Waals surface area contributed by atoms with Gasteiger partial charge in [-0.3, -0.25) is 9.20 Å². The first kappa shape index (κ1) is 18.9. The zero-order valence-electron chi connectivity index (χ0n) is 17.4. The van der Waals surface area contributed by atoms with Crippen LogP contribution in [0.3, 0.4) is 0 Å². The van der Waals surface area contributed by atoms with Crippen LogP contribution in [-0.2, 0) is 0 Å². The molecule has 0 bridgehead atoms. The molecule has 0 aliphatic carbocycles. The Kier molecular flexibility index (Phi) is 4.37. The number of aromatic nitrogens is 2. The Bertz CT molecular complexity index is 1500. The number of fused-ring (bicyclic) bond motifs is 3. The Morgan fingerprint density at radius 2 is 1.66 bits per heavy atom. The maximum atomic E-state index is 13.8. The minimum Gasteiger partial charge on any atom is -0.354 e. The average molecular weight is 434 g/mol. The van der Waals surface area contributed by atoms with Crippen LogP contribution in [0.15, 0.2) is 101 Å². The van der Waals surface area contributed by atoms with E-state index in [1.54, 1.807) is 11.8 Å². The second kappa shape index (κ2) is 7.39. The van der Waals surface area contributed by atoms with Crippen molar-refractivity contribution in [3.05, 3.63) is 108 Å². The molecular weight excluding hydrogens is 414 g/mol. The second-order valence-electron chi connectivity index (χ2n) is 7.87. The van der Waals surface area contributed by atoms with Gasteiger partial charge in [0.2, 0.25) is 5.78 Å². The summed E-state index contributed by atoms with van der Waals surface area (Å²) in [4.78, 5) is 20.9. The van der Waals surface area contributed by atoms with Crippen LogP contribution in [0.5, 0.6) is 0 Å². The normalized spacial score (nSPS) is 12.2. The number of carbonyl (C=O) groups excluding carboxylic acids is 1. The predicted molar refractivity (Wildman–Crippen MR) is 129 cm³/mol. The van der Waals surface area contributed by atoms with Gasteiger partial charge in [0.25, 0.3) is 0 Å². The standard InChI is InChI=1S/C27H19N3OS/c1-17-9-11-18(12-10-17)25-26(30-15-5-4-8-24(30)29-25)27(31)19-13-14-23-21(16-19)28-20-6-2-3-7-22(20)32-23/h2-16,28H,1H3. The van der Waals surface area contributed by atoms with Gasteiger partial charge in [0.05, 0.1) is 11.4 Å². The molecule has 3 heterocycles. The van der Waals surface area contributed by atoms with Crippen molar-refractivity contribution in [1.82, 2.24) is 9.38 Å². The molecule has 1 N–H and O–H groups in total. The number of benzene rings is 3. The zero-order valence-corrected chi connectivity index (χ0v) is 18.2. The molecule has 5 heteroatoms. The fourth-order valence-corrected chi connectivity index (χ4v) is 5.01. The molecule has 1 aliphatic heterocycles. The van der Waals surface area contributed by atoms with E-state index in [4.69, 9.17) is 4.98 Å². The number of nitrogens with zero attached hydrogens (tertiary/aromatic N) is 2. The van der Waals surface area contributed by atoms with Crippen molar-refractivity contribution in [1.29, 1.82) is 0 Å². The van der Waals surface area contributed by atoms with Crippen molar-refractivity contribution in [3.63, 3.8) is 0 Å². The average Bonchev–Trinajstić information content (AvgIpc) is 3.22. The van der Waals surface area contributed by atoms with Crippen molar-refractivity contribution in [2.75, 3.05) is 5.32 Å². The first-order valence-electron chi connectivity index (χ1n) is 10.4. The Hall–Kier alpha value is -3.83. The van der Waals surface area contributed by atoms with E-state index in [-0.39, 0.29) is 5.78 Å². The Balaban J connectivity index is 1.47. The largest absolute Gasteiger partial charge is 0.354 e. The number of hydrogen-bond donors (Lipinski definition) is 1. The number of pyridine rings is 1. The summed E-state index contributed by atoms with van der Waals surface area (Å²) in [6, 6.07) is 28.0. The number of para-hydroxylation sites is 1. The predicted octanol–water partition coefficient (Wildman–Crippen LogP) is 6.75. The number of rotatable bonds is 3. The van der Waals surface area contributed by atoms with E-state index in [1.165, 1.54) is 10.5 Å². The summed E-state index contributed by atoms with van der Waals surface area (Å²) in [7, 11) is 0. The highest BCUT2D eigenvalue weighted by atomic mass is 32.2. The number of imidazole rings is 1. The molecule has 5 aromatic rings. The molecule has 32 heavy (non-hydrogen) atoms. The highest BCUT2D eigenvalue weighted by Crippen LogP contribution is 2.44. The van der Waals surface area contributed by atoms with Gasteiger partial charge < -0.3 is 5.32 Å². The van der Waals surface area contributed by atoms with Gasteiger partial charge in [-0.25, -0.2) is 4.98 Å². The number of carbonyl (C=O) groups is 1. The van der Waals surface area contributed by atoms with E-state index < -0.39 is 0 Å². The summed E-state index contributed by atoms with van der Waals surface area (Å²) in [6.07, 6.45) is 1.90. The number of aryl methyl sites for hydroxylation is 1. The van der Waals surface area contributed by atoms with Gasteiger partial charge in [-0.2, -0.15) is 0 Å². The highest BCUT2D eigenvalue weighted by Gasteiger charge is 2.24. The summed E-state index contributed by atoms with van der Waals surface area (Å²) in [5.41, 5.74) is 6.78. The van der Waals surface area contributed by atoms with E-state index in [0.29, 0.717) is 17.0 Å². The quantitative estimate of drug-likeness (QED) is 0.314. The molecule has 0 unspecified atom stereocenters. The van der Waals surface area contributed by atoms with Crippen molar-refractivity contribution in [2.24, 2.45) is 0 Å². The number of anilines is 2. The minimum absolute atomic E-state index is 0.0484. The Labute approximate surface area is 189 Å². The van der Waals surface area contributed by atoms with Crippen LogP contribution in [0.2, 0.25) is 0 Å². The van der Waals surface area contributed by atoms with Crippen LogP contribution in [0.1, 0.15) is 21.6 Å². The zero-order chi connectivity index (χ0) is 21.7. The van der Waals surface area contributed by atoms with Crippen molar-refractivity contribution < 1.29 is 4.79 Å². The van der Waals surface area contributed by atoms with Crippen molar-refractivity contribution in [3.8, 4) is 11.3 Å². The van der Waals surface area contributed by atoms with Gasteiger partial charge in [-0.15, -0.1) is 0 Å². The maximum absolute atomic E-state index is 13.8. The van der Waals surface area contributed by atoms with Crippen LogP contribution in [0.25, 0.3) is 16.9 Å². The van der Waals surface area contributed by atoms with Crippen LogP contribution in [0.4, 0.5) is 11.4 Å². The minimum atomic E-state index is -0.0484. The summed E-state index contributed by atoms with van der Waals surface area (Å²) in [5, 5.41) is 3.48. The van der Waals surface area contributed by atoms with E-state index >= 15 is 0 Å². The van der Waals surface area contributed by atoms with Gasteiger partial charge >= 0.3 is 0 Å². The molecule has 154 valence electrons.